The minimum atomic E-state index is -0.728. The van der Waals surface area contributed by atoms with Crippen LogP contribution in [-0.2, 0) is 14.3 Å². The molecule has 1 N–H and O–H groups in total. The summed E-state index contributed by atoms with van der Waals surface area (Å²) in [6.07, 6.45) is 4.33. The number of hydrogen-bond acceptors (Lipinski definition) is 5. The molecule has 1 saturated heterocycles. The van der Waals surface area contributed by atoms with Gasteiger partial charge in [0.15, 0.2) is 5.79 Å². The van der Waals surface area contributed by atoms with Crippen molar-refractivity contribution in [3.63, 3.8) is 0 Å². The van der Waals surface area contributed by atoms with Gasteiger partial charge in [0.2, 0.25) is 0 Å². The number of nitrogens with zero attached hydrogens (tertiary/aromatic N) is 1. The second kappa shape index (κ2) is 7.60. The lowest BCUT2D eigenvalue weighted by atomic mass is 9.71. The molecule has 0 bridgehead atoms. The van der Waals surface area contributed by atoms with Gasteiger partial charge in [-0.25, -0.2) is 0 Å². The Morgan fingerprint density at radius 2 is 2.00 bits per heavy atom. The van der Waals surface area contributed by atoms with Crippen molar-refractivity contribution >= 4 is 6.29 Å². The maximum Gasteiger partial charge on any atom is 0.168 e. The zero-order valence-corrected chi connectivity index (χ0v) is 15.1. The van der Waals surface area contributed by atoms with Crippen molar-refractivity contribution in [2.75, 3.05) is 19.7 Å². The van der Waals surface area contributed by atoms with Crippen molar-refractivity contribution in [2.45, 2.75) is 77.9 Å². The number of aldehydes is 1. The molecule has 1 heterocycles. The van der Waals surface area contributed by atoms with Crippen molar-refractivity contribution in [3.8, 4) is 0 Å². The molecule has 2 atom stereocenters. The van der Waals surface area contributed by atoms with Gasteiger partial charge in [0.1, 0.15) is 12.5 Å². The molecule has 0 aromatic carbocycles. The SMILES string of the molecule is CCN(CC1COC2(CCC(C(C)(C)C)CC2)O1)C(O)CC=O. The van der Waals surface area contributed by atoms with Crippen LogP contribution < -0.4 is 0 Å². The van der Waals surface area contributed by atoms with Gasteiger partial charge < -0.3 is 19.4 Å². The molecular formula is C18H33NO4. The summed E-state index contributed by atoms with van der Waals surface area (Å²) in [4.78, 5) is 12.5. The van der Waals surface area contributed by atoms with E-state index in [1.807, 2.05) is 11.8 Å². The average Bonchev–Trinajstić information content (AvgIpc) is 2.87. The number of ether oxygens (including phenoxy) is 2. The molecule has 5 heteroatoms. The highest BCUT2D eigenvalue weighted by Gasteiger charge is 2.46. The molecule has 2 aliphatic rings. The first kappa shape index (κ1) is 18.8. The minimum Gasteiger partial charge on any atom is -0.378 e. The molecule has 0 aromatic rings. The second-order valence-electron chi connectivity index (χ2n) is 8.07. The summed E-state index contributed by atoms with van der Waals surface area (Å²) in [5.74, 6) is 0.308. The molecule has 1 aliphatic carbocycles. The van der Waals surface area contributed by atoms with E-state index in [1.165, 1.54) is 0 Å². The standard InChI is InChI=1S/C18H33NO4/c1-5-19(16(21)8-11-20)12-15-13-22-18(23-15)9-6-14(7-10-18)17(2,3)4/h11,14-16,21H,5-10,12-13H2,1-4H3. The number of likely N-dealkylation sites (N-methyl/N-ethyl adjacent to an activating group) is 1. The highest BCUT2D eigenvalue weighted by molar-refractivity contribution is 5.49. The number of carbonyl (C=O) groups is 1. The van der Waals surface area contributed by atoms with Crippen LogP contribution in [0.15, 0.2) is 0 Å². The first-order chi connectivity index (χ1) is 10.8. The van der Waals surface area contributed by atoms with Gasteiger partial charge in [0.25, 0.3) is 0 Å². The maximum absolute atomic E-state index is 10.6. The molecule has 23 heavy (non-hydrogen) atoms. The van der Waals surface area contributed by atoms with Crippen molar-refractivity contribution < 1.29 is 19.4 Å². The average molecular weight is 327 g/mol. The summed E-state index contributed by atoms with van der Waals surface area (Å²) < 4.78 is 12.3. The highest BCUT2D eigenvalue weighted by atomic mass is 16.7. The van der Waals surface area contributed by atoms with Gasteiger partial charge in [-0.05, 0) is 30.7 Å². The number of aliphatic hydroxyl groups excluding tert-OH is 1. The Kier molecular flexibility index (Phi) is 6.22. The number of hydrogen-bond donors (Lipinski definition) is 1. The zero-order valence-electron chi connectivity index (χ0n) is 15.1. The summed E-state index contributed by atoms with van der Waals surface area (Å²) in [5, 5.41) is 9.99. The minimum absolute atomic E-state index is 0.0255. The normalized spacial score (nSPS) is 33.3. The van der Waals surface area contributed by atoms with Crippen LogP contribution in [0.5, 0.6) is 0 Å². The van der Waals surface area contributed by atoms with Gasteiger partial charge in [0, 0.05) is 25.8 Å². The van der Waals surface area contributed by atoms with Gasteiger partial charge >= 0.3 is 0 Å². The Morgan fingerprint density at radius 1 is 1.35 bits per heavy atom. The Labute approximate surface area is 140 Å². The van der Waals surface area contributed by atoms with Crippen LogP contribution in [0, 0.1) is 11.3 Å². The van der Waals surface area contributed by atoms with E-state index in [2.05, 4.69) is 20.8 Å². The smallest absolute Gasteiger partial charge is 0.168 e. The quantitative estimate of drug-likeness (QED) is 0.600. The number of carbonyl (C=O) groups excluding carboxylic acids is 1. The monoisotopic (exact) mass is 327 g/mol. The van der Waals surface area contributed by atoms with Gasteiger partial charge in [-0.3, -0.25) is 4.90 Å². The molecule has 0 radical (unpaired) electrons. The number of rotatable bonds is 6. The fourth-order valence-corrected chi connectivity index (χ4v) is 3.85. The topological polar surface area (TPSA) is 59.0 Å². The van der Waals surface area contributed by atoms with Crippen LogP contribution in [0.25, 0.3) is 0 Å². The van der Waals surface area contributed by atoms with Crippen LogP contribution in [-0.4, -0.2) is 54.1 Å². The van der Waals surface area contributed by atoms with E-state index >= 15 is 0 Å². The summed E-state index contributed by atoms with van der Waals surface area (Å²) >= 11 is 0. The predicted octanol–water partition coefficient (Wildman–Crippen LogP) is 2.56. The third-order valence-electron chi connectivity index (χ3n) is 5.46. The van der Waals surface area contributed by atoms with E-state index in [0.717, 1.165) is 37.9 Å². The largest absolute Gasteiger partial charge is 0.378 e. The fraction of sp³-hybridized carbons (Fsp3) is 0.944. The Hall–Kier alpha value is -0.490. The molecule has 1 saturated carbocycles. The molecule has 1 spiro atoms. The molecular weight excluding hydrogens is 294 g/mol. The first-order valence-corrected chi connectivity index (χ1v) is 8.97. The Bertz CT molecular complexity index is 385. The van der Waals surface area contributed by atoms with E-state index in [1.54, 1.807) is 0 Å². The molecule has 0 aromatic heterocycles. The highest BCUT2D eigenvalue weighted by Crippen LogP contribution is 2.45. The molecule has 1 aliphatic heterocycles. The van der Waals surface area contributed by atoms with Crippen LogP contribution >= 0.6 is 0 Å². The Balaban J connectivity index is 1.85. The predicted molar refractivity (Wildman–Crippen MR) is 88.9 cm³/mol. The fourth-order valence-electron chi connectivity index (χ4n) is 3.85. The summed E-state index contributed by atoms with van der Waals surface area (Å²) in [7, 11) is 0. The molecule has 5 nitrogen and oxygen atoms in total. The van der Waals surface area contributed by atoms with E-state index < -0.39 is 12.0 Å². The molecule has 0 amide bonds. The van der Waals surface area contributed by atoms with E-state index in [4.69, 9.17) is 9.47 Å². The first-order valence-electron chi connectivity index (χ1n) is 8.97. The van der Waals surface area contributed by atoms with Crippen LogP contribution in [0.2, 0.25) is 0 Å². The molecule has 2 fully saturated rings. The van der Waals surface area contributed by atoms with Crippen LogP contribution in [0.3, 0.4) is 0 Å². The lowest BCUT2D eigenvalue weighted by Gasteiger charge is -2.41. The number of aliphatic hydroxyl groups is 1. The van der Waals surface area contributed by atoms with Crippen molar-refractivity contribution in [1.82, 2.24) is 4.90 Å². The second-order valence-corrected chi connectivity index (χ2v) is 8.07. The van der Waals surface area contributed by atoms with Crippen molar-refractivity contribution in [2.24, 2.45) is 11.3 Å². The molecule has 134 valence electrons. The van der Waals surface area contributed by atoms with E-state index in [-0.39, 0.29) is 12.5 Å². The zero-order chi connectivity index (χ0) is 17.1. The third-order valence-corrected chi connectivity index (χ3v) is 5.46. The van der Waals surface area contributed by atoms with Gasteiger partial charge in [0.05, 0.1) is 12.7 Å². The third kappa shape index (κ3) is 4.75. The van der Waals surface area contributed by atoms with E-state index in [0.29, 0.717) is 25.1 Å². The van der Waals surface area contributed by atoms with Crippen molar-refractivity contribution in [3.05, 3.63) is 0 Å². The van der Waals surface area contributed by atoms with Crippen molar-refractivity contribution in [1.29, 1.82) is 0 Å². The Morgan fingerprint density at radius 3 is 2.52 bits per heavy atom. The summed E-state index contributed by atoms with van der Waals surface area (Å²) in [6.45, 7) is 10.8. The molecule has 2 rings (SSSR count). The lowest BCUT2D eigenvalue weighted by molar-refractivity contribution is -0.199. The van der Waals surface area contributed by atoms with Gasteiger partial charge in [-0.15, -0.1) is 0 Å². The lowest BCUT2D eigenvalue weighted by Crippen LogP contribution is -2.43. The van der Waals surface area contributed by atoms with Gasteiger partial charge in [-0.2, -0.15) is 0 Å². The van der Waals surface area contributed by atoms with Crippen LogP contribution in [0.1, 0.15) is 59.8 Å². The van der Waals surface area contributed by atoms with Gasteiger partial charge in [-0.1, -0.05) is 27.7 Å². The molecule has 2 unspecified atom stereocenters. The maximum atomic E-state index is 10.6. The van der Waals surface area contributed by atoms with E-state index in [9.17, 15) is 9.90 Å². The summed E-state index contributed by atoms with van der Waals surface area (Å²) in [5.41, 5.74) is 0.345. The van der Waals surface area contributed by atoms with Crippen LogP contribution in [0.4, 0.5) is 0 Å². The summed E-state index contributed by atoms with van der Waals surface area (Å²) in [6, 6.07) is 0.